The number of carbonyl (C=O) groups excluding carboxylic acids is 1. The number of ether oxygens (including phenoxy) is 2. The average Bonchev–Trinajstić information content (AvgIpc) is 3.05. The van der Waals surface area contributed by atoms with Gasteiger partial charge < -0.3 is 15.2 Å². The zero-order valence-electron chi connectivity index (χ0n) is 17.1. The van der Waals surface area contributed by atoms with Crippen LogP contribution in [0.1, 0.15) is 53.5 Å². The normalized spacial score (nSPS) is 10.9. The molecule has 162 valence electrons. The molecule has 1 aromatic heterocycles. The Balaban J connectivity index is 2.15. The minimum atomic E-state index is -0.538. The third-order valence-electron chi connectivity index (χ3n) is 4.12. The molecule has 11 heteroatoms. The molecule has 0 aliphatic heterocycles. The molecule has 0 aliphatic rings. The SMILES string of the molecule is CCCCCCOc1c(OC)cc(/C=N\NC(=O)c2sc(N)nc2C)cc1[N+](=O)[O-]. The number of anilines is 1. The lowest BCUT2D eigenvalue weighted by atomic mass is 10.1. The fourth-order valence-electron chi connectivity index (χ4n) is 2.66. The summed E-state index contributed by atoms with van der Waals surface area (Å²) in [5.41, 5.74) is 8.59. The van der Waals surface area contributed by atoms with E-state index < -0.39 is 10.8 Å². The van der Waals surface area contributed by atoms with E-state index in [1.165, 1.54) is 19.4 Å². The molecule has 0 bridgehead atoms. The van der Waals surface area contributed by atoms with Gasteiger partial charge in [-0.05, 0) is 19.4 Å². The van der Waals surface area contributed by atoms with Crippen molar-refractivity contribution >= 4 is 34.3 Å². The molecule has 3 N–H and O–H groups in total. The third-order valence-corrected chi connectivity index (χ3v) is 5.10. The maximum absolute atomic E-state index is 12.2. The largest absolute Gasteiger partial charge is 0.493 e. The smallest absolute Gasteiger partial charge is 0.315 e. The highest BCUT2D eigenvalue weighted by Crippen LogP contribution is 2.38. The molecule has 30 heavy (non-hydrogen) atoms. The first kappa shape index (κ1) is 23.1. The van der Waals surface area contributed by atoms with E-state index in [1.807, 2.05) is 0 Å². The topological polar surface area (TPSA) is 142 Å². The summed E-state index contributed by atoms with van der Waals surface area (Å²) in [6.07, 6.45) is 5.24. The third kappa shape index (κ3) is 6.14. The average molecular weight is 436 g/mol. The van der Waals surface area contributed by atoms with Crippen LogP contribution < -0.4 is 20.6 Å². The Bertz CT molecular complexity index is 928. The van der Waals surface area contributed by atoms with Crippen molar-refractivity contribution in [3.05, 3.63) is 38.4 Å². The fraction of sp³-hybridized carbons (Fsp3) is 0.421. The number of hydrogen-bond donors (Lipinski definition) is 2. The molecule has 0 saturated carbocycles. The second-order valence-corrected chi connectivity index (χ2v) is 7.43. The van der Waals surface area contributed by atoms with E-state index in [0.717, 1.165) is 37.0 Å². The van der Waals surface area contributed by atoms with Crippen molar-refractivity contribution in [2.75, 3.05) is 19.5 Å². The summed E-state index contributed by atoms with van der Waals surface area (Å²) < 4.78 is 10.9. The van der Waals surface area contributed by atoms with Gasteiger partial charge in [-0.15, -0.1) is 0 Å². The monoisotopic (exact) mass is 435 g/mol. The predicted octanol–water partition coefficient (Wildman–Crippen LogP) is 3.67. The summed E-state index contributed by atoms with van der Waals surface area (Å²) in [4.78, 5) is 27.5. The van der Waals surface area contributed by atoms with E-state index in [1.54, 1.807) is 13.0 Å². The van der Waals surface area contributed by atoms with Crippen LogP contribution in [0.4, 0.5) is 10.8 Å². The van der Waals surface area contributed by atoms with Gasteiger partial charge in [-0.1, -0.05) is 37.5 Å². The van der Waals surface area contributed by atoms with Crippen LogP contribution >= 0.6 is 11.3 Å². The molecule has 2 aromatic rings. The van der Waals surface area contributed by atoms with Crippen molar-refractivity contribution in [1.29, 1.82) is 0 Å². The van der Waals surface area contributed by atoms with Gasteiger partial charge >= 0.3 is 5.69 Å². The van der Waals surface area contributed by atoms with E-state index in [2.05, 4.69) is 22.4 Å². The number of unbranched alkanes of at least 4 members (excludes halogenated alkanes) is 3. The number of nitro benzene ring substituents is 1. The number of benzene rings is 1. The Labute approximate surface area is 178 Å². The van der Waals surface area contributed by atoms with E-state index in [-0.39, 0.29) is 22.3 Å². The molecule has 0 atom stereocenters. The number of aromatic nitrogens is 1. The Morgan fingerprint density at radius 1 is 1.40 bits per heavy atom. The van der Waals surface area contributed by atoms with Gasteiger partial charge in [0.05, 0.1) is 30.5 Å². The number of amides is 1. The lowest BCUT2D eigenvalue weighted by molar-refractivity contribution is -0.386. The number of thiazole rings is 1. The minimum absolute atomic E-state index is 0.0796. The molecule has 0 unspecified atom stereocenters. The molecule has 1 amide bonds. The lowest BCUT2D eigenvalue weighted by Gasteiger charge is -2.11. The minimum Gasteiger partial charge on any atom is -0.493 e. The van der Waals surface area contributed by atoms with Gasteiger partial charge in [0.1, 0.15) is 4.88 Å². The summed E-state index contributed by atoms with van der Waals surface area (Å²) in [6, 6.07) is 2.87. The first-order valence-corrected chi connectivity index (χ1v) is 10.2. The van der Waals surface area contributed by atoms with Crippen LogP contribution in [0, 0.1) is 17.0 Å². The van der Waals surface area contributed by atoms with Gasteiger partial charge in [-0.3, -0.25) is 14.9 Å². The van der Waals surface area contributed by atoms with Crippen molar-refractivity contribution in [3.63, 3.8) is 0 Å². The molecular formula is C19H25N5O5S. The highest BCUT2D eigenvalue weighted by atomic mass is 32.1. The number of nitrogens with two attached hydrogens (primary N) is 1. The number of nitrogen functional groups attached to an aromatic ring is 1. The molecule has 0 fully saturated rings. The second-order valence-electron chi connectivity index (χ2n) is 6.40. The van der Waals surface area contributed by atoms with E-state index in [9.17, 15) is 14.9 Å². The number of nitro groups is 1. The van der Waals surface area contributed by atoms with E-state index in [4.69, 9.17) is 15.2 Å². The standard InChI is InChI=1S/C19H25N5O5S/c1-4-5-6-7-8-29-16-14(24(26)27)9-13(10-15(16)28-3)11-21-23-18(25)17-12(2)22-19(20)30-17/h9-11H,4-8H2,1-3H3,(H2,20,22)(H,23,25)/b21-11-. The van der Waals surface area contributed by atoms with Gasteiger partial charge in [-0.25, -0.2) is 10.4 Å². The Morgan fingerprint density at radius 2 is 2.17 bits per heavy atom. The van der Waals surface area contributed by atoms with Crippen molar-refractivity contribution in [2.45, 2.75) is 39.5 Å². The summed E-state index contributed by atoms with van der Waals surface area (Å²) >= 11 is 1.05. The highest BCUT2D eigenvalue weighted by Gasteiger charge is 2.22. The number of hydrazone groups is 1. The van der Waals surface area contributed by atoms with Crippen molar-refractivity contribution in [1.82, 2.24) is 10.4 Å². The Hall–Kier alpha value is -3.21. The van der Waals surface area contributed by atoms with Crippen LogP contribution in [0.5, 0.6) is 11.5 Å². The van der Waals surface area contributed by atoms with Crippen LogP contribution in [0.25, 0.3) is 0 Å². The molecule has 0 spiro atoms. The molecular weight excluding hydrogens is 410 g/mol. The molecule has 1 aromatic carbocycles. The molecule has 0 saturated heterocycles. The van der Waals surface area contributed by atoms with E-state index in [0.29, 0.717) is 22.7 Å². The van der Waals surface area contributed by atoms with Crippen LogP contribution in [0.2, 0.25) is 0 Å². The van der Waals surface area contributed by atoms with Crippen molar-refractivity contribution < 1.29 is 19.2 Å². The number of nitrogens with zero attached hydrogens (tertiary/aromatic N) is 3. The summed E-state index contributed by atoms with van der Waals surface area (Å²) in [5.74, 6) is -0.166. The van der Waals surface area contributed by atoms with Crippen LogP contribution in [0.3, 0.4) is 0 Å². The summed E-state index contributed by atoms with van der Waals surface area (Å²) in [6.45, 7) is 4.13. The van der Waals surface area contributed by atoms with Crippen LogP contribution in [0.15, 0.2) is 17.2 Å². The summed E-state index contributed by atoms with van der Waals surface area (Å²) in [5, 5.41) is 15.7. The lowest BCUT2D eigenvalue weighted by Crippen LogP contribution is -2.17. The highest BCUT2D eigenvalue weighted by molar-refractivity contribution is 7.17. The van der Waals surface area contributed by atoms with Gasteiger partial charge in [0.15, 0.2) is 10.9 Å². The molecule has 2 rings (SSSR count). The molecule has 0 radical (unpaired) electrons. The fourth-order valence-corrected chi connectivity index (χ4v) is 3.39. The second kappa shape index (κ2) is 11.1. The van der Waals surface area contributed by atoms with Crippen LogP contribution in [-0.2, 0) is 0 Å². The zero-order chi connectivity index (χ0) is 22.1. The molecule has 1 heterocycles. The Morgan fingerprint density at radius 3 is 2.77 bits per heavy atom. The number of nitrogens with one attached hydrogen (secondary N) is 1. The van der Waals surface area contributed by atoms with Crippen molar-refractivity contribution in [2.24, 2.45) is 5.10 Å². The van der Waals surface area contributed by atoms with Gasteiger partial charge in [-0.2, -0.15) is 5.10 Å². The molecule has 0 aliphatic carbocycles. The first-order chi connectivity index (χ1) is 14.4. The number of carbonyl (C=O) groups is 1. The quantitative estimate of drug-likeness (QED) is 0.237. The number of hydrogen-bond acceptors (Lipinski definition) is 9. The predicted molar refractivity (Wildman–Crippen MR) is 116 cm³/mol. The summed E-state index contributed by atoms with van der Waals surface area (Å²) in [7, 11) is 1.41. The van der Waals surface area contributed by atoms with Gasteiger partial charge in [0.25, 0.3) is 5.91 Å². The van der Waals surface area contributed by atoms with Crippen molar-refractivity contribution in [3.8, 4) is 11.5 Å². The maximum Gasteiger partial charge on any atom is 0.315 e. The van der Waals surface area contributed by atoms with Gasteiger partial charge in [0.2, 0.25) is 5.75 Å². The Kier molecular flexibility index (Phi) is 8.54. The van der Waals surface area contributed by atoms with Crippen LogP contribution in [-0.4, -0.2) is 35.7 Å². The number of methoxy groups -OCH3 is 1. The zero-order valence-corrected chi connectivity index (χ0v) is 18.0. The number of aryl methyl sites for hydroxylation is 1. The number of rotatable bonds is 11. The molecule has 10 nitrogen and oxygen atoms in total. The van der Waals surface area contributed by atoms with E-state index >= 15 is 0 Å². The van der Waals surface area contributed by atoms with Gasteiger partial charge in [0, 0.05) is 11.6 Å². The first-order valence-electron chi connectivity index (χ1n) is 9.42. The maximum atomic E-state index is 12.2.